The van der Waals surface area contributed by atoms with Crippen LogP contribution >= 0.6 is 0 Å². The van der Waals surface area contributed by atoms with E-state index in [1.165, 1.54) is 33.5 Å². The lowest BCUT2D eigenvalue weighted by Crippen LogP contribution is -2.41. The van der Waals surface area contributed by atoms with Gasteiger partial charge in [0.1, 0.15) is 0 Å². The Balaban J connectivity index is 1.72. The average molecular weight is 511 g/mol. The van der Waals surface area contributed by atoms with Gasteiger partial charge < -0.3 is 18.9 Å². The Morgan fingerprint density at radius 1 is 0.921 bits per heavy atom. The van der Waals surface area contributed by atoms with Crippen molar-refractivity contribution in [2.24, 2.45) is 0 Å². The molecule has 0 spiro atoms. The molecule has 3 aromatic carbocycles. The van der Waals surface area contributed by atoms with Crippen molar-refractivity contribution in [3.63, 3.8) is 0 Å². The zero-order chi connectivity index (χ0) is 26.6. The van der Waals surface area contributed by atoms with Crippen LogP contribution in [-0.2, 0) is 19.4 Å². The van der Waals surface area contributed by atoms with E-state index in [0.717, 1.165) is 66.0 Å². The number of allylic oxidation sites excluding steroid dienone is 1. The van der Waals surface area contributed by atoms with E-state index >= 15 is 0 Å². The lowest BCUT2D eigenvalue weighted by molar-refractivity contribution is -0.686. The smallest absolute Gasteiger partial charge is 0.217 e. The highest BCUT2D eigenvalue weighted by Gasteiger charge is 2.31. The van der Waals surface area contributed by atoms with Crippen molar-refractivity contribution < 1.29 is 23.5 Å². The van der Waals surface area contributed by atoms with Crippen LogP contribution in [0.2, 0.25) is 0 Å². The van der Waals surface area contributed by atoms with Gasteiger partial charge in [0.2, 0.25) is 5.69 Å². The molecule has 0 unspecified atom stereocenters. The molecule has 38 heavy (non-hydrogen) atoms. The molecule has 5 rings (SSSR count). The van der Waals surface area contributed by atoms with Crippen LogP contribution < -0.4 is 23.5 Å². The summed E-state index contributed by atoms with van der Waals surface area (Å²) in [6, 6.07) is 17.2. The highest BCUT2D eigenvalue weighted by atomic mass is 16.5. The largest absolute Gasteiger partial charge is 0.493 e. The number of hydrogen-bond acceptors (Lipinski definition) is 4. The Morgan fingerprint density at radius 2 is 1.76 bits per heavy atom. The molecule has 196 valence electrons. The third-order valence-corrected chi connectivity index (χ3v) is 7.31. The third kappa shape index (κ3) is 4.81. The zero-order valence-corrected chi connectivity index (χ0v) is 22.8. The highest BCUT2D eigenvalue weighted by molar-refractivity contribution is 5.95. The first-order valence-electron chi connectivity index (χ1n) is 13.2. The first-order valence-corrected chi connectivity index (χ1v) is 13.2. The number of fused-ring (bicyclic) bond motifs is 4. The predicted octanol–water partition coefficient (Wildman–Crippen LogP) is 6.62. The third-order valence-electron chi connectivity index (χ3n) is 7.31. The van der Waals surface area contributed by atoms with Crippen molar-refractivity contribution in [3.05, 3.63) is 89.6 Å². The lowest BCUT2D eigenvalue weighted by Gasteiger charge is -2.22. The van der Waals surface area contributed by atoms with E-state index in [-0.39, 0.29) is 0 Å². The van der Waals surface area contributed by atoms with E-state index in [9.17, 15) is 0 Å². The van der Waals surface area contributed by atoms with Crippen molar-refractivity contribution in [2.45, 2.75) is 39.2 Å². The summed E-state index contributed by atoms with van der Waals surface area (Å²) in [4.78, 5) is 0. The number of nitrogens with zero attached hydrogens (tertiary/aromatic N) is 1. The van der Waals surface area contributed by atoms with Crippen molar-refractivity contribution in [1.29, 1.82) is 0 Å². The van der Waals surface area contributed by atoms with Crippen molar-refractivity contribution in [3.8, 4) is 34.3 Å². The van der Waals surface area contributed by atoms with Crippen LogP contribution in [0, 0.1) is 6.92 Å². The highest BCUT2D eigenvalue weighted by Crippen LogP contribution is 2.43. The van der Waals surface area contributed by atoms with E-state index in [4.69, 9.17) is 18.9 Å². The van der Waals surface area contributed by atoms with Crippen molar-refractivity contribution >= 4 is 10.8 Å². The van der Waals surface area contributed by atoms with Crippen molar-refractivity contribution in [1.82, 2.24) is 0 Å². The van der Waals surface area contributed by atoms with Gasteiger partial charge in [-0.1, -0.05) is 35.9 Å². The number of unbranched alkanes of at least 4 members (excludes halogenated alkanes) is 1. The zero-order valence-electron chi connectivity index (χ0n) is 22.8. The monoisotopic (exact) mass is 510 g/mol. The first kappa shape index (κ1) is 25.7. The summed E-state index contributed by atoms with van der Waals surface area (Å²) in [5.74, 6) is 3.05. The molecule has 0 fully saturated rings. The summed E-state index contributed by atoms with van der Waals surface area (Å²) in [6.07, 6.45) is 7.70. The lowest BCUT2D eigenvalue weighted by atomic mass is 9.88. The van der Waals surface area contributed by atoms with Gasteiger partial charge in [0, 0.05) is 23.8 Å². The summed E-state index contributed by atoms with van der Waals surface area (Å²) in [6.45, 7) is 7.44. The number of pyridine rings is 1. The minimum atomic E-state index is 0.636. The van der Waals surface area contributed by atoms with Crippen molar-refractivity contribution in [2.75, 3.05) is 27.9 Å². The molecule has 0 saturated heterocycles. The average Bonchev–Trinajstić information content (AvgIpc) is 2.93. The molecule has 4 aromatic rings. The number of rotatable bonds is 10. The molecule has 0 bridgehead atoms. The normalized spacial score (nSPS) is 12.0. The number of methoxy groups -OCH3 is 3. The van der Waals surface area contributed by atoms with Crippen LogP contribution in [0.25, 0.3) is 22.0 Å². The number of hydrogen-bond donors (Lipinski definition) is 0. The molecule has 5 nitrogen and oxygen atoms in total. The van der Waals surface area contributed by atoms with E-state index in [0.29, 0.717) is 6.61 Å². The van der Waals surface area contributed by atoms with Crippen LogP contribution in [0.15, 0.2) is 67.4 Å². The first-order chi connectivity index (χ1) is 18.6. The van der Waals surface area contributed by atoms with Gasteiger partial charge in [-0.2, -0.15) is 4.57 Å². The topological polar surface area (TPSA) is 40.8 Å². The Morgan fingerprint density at radius 3 is 2.50 bits per heavy atom. The van der Waals surface area contributed by atoms with Crippen LogP contribution in [0.4, 0.5) is 0 Å². The van der Waals surface area contributed by atoms with Gasteiger partial charge in [-0.25, -0.2) is 0 Å². The molecular weight excluding hydrogens is 474 g/mol. The van der Waals surface area contributed by atoms with Gasteiger partial charge >= 0.3 is 0 Å². The number of benzene rings is 3. The molecule has 0 amide bonds. The fourth-order valence-corrected chi connectivity index (χ4v) is 5.51. The summed E-state index contributed by atoms with van der Waals surface area (Å²) in [5.41, 5.74) is 7.46. The van der Waals surface area contributed by atoms with Crippen LogP contribution in [-0.4, -0.2) is 27.9 Å². The minimum absolute atomic E-state index is 0.636. The molecule has 2 heterocycles. The molecule has 1 aromatic heterocycles. The second-order valence-electron chi connectivity index (χ2n) is 9.77. The molecule has 1 aliphatic rings. The van der Waals surface area contributed by atoms with Gasteiger partial charge in [-0.15, -0.1) is 6.58 Å². The van der Waals surface area contributed by atoms with Crippen LogP contribution in [0.5, 0.6) is 23.0 Å². The number of ether oxygens (including phenoxy) is 4. The van der Waals surface area contributed by atoms with Crippen LogP contribution in [0.1, 0.15) is 35.1 Å². The fraction of sp³-hybridized carbons (Fsp3) is 0.303. The summed E-state index contributed by atoms with van der Waals surface area (Å²) >= 11 is 0. The number of aromatic nitrogens is 1. The summed E-state index contributed by atoms with van der Waals surface area (Å²) in [7, 11) is 5.10. The molecule has 0 atom stereocenters. The Labute approximate surface area is 225 Å². The standard InChI is InChI=1S/C33H36NO4/c1-6-7-8-16-38-31-19-24-14-15-34-21-28-25(12-13-29(35-3)33(28)37-5)27(18-23-11-9-10-22(2)17-23)32(34)26(24)20-30(31)36-4/h6,9-13,17,19-21H,1,7-8,14-16,18H2,2-5H3/q+1. The van der Waals surface area contributed by atoms with Gasteiger partial charge in [0.25, 0.3) is 0 Å². The van der Waals surface area contributed by atoms with Gasteiger partial charge in [-0.3, -0.25) is 0 Å². The van der Waals surface area contributed by atoms with Gasteiger partial charge in [-0.05, 0) is 55.2 Å². The predicted molar refractivity (Wildman–Crippen MR) is 152 cm³/mol. The SMILES string of the molecule is C=CCCCOc1cc2c(cc1OC)-c1c(Cc3cccc(C)c3)c3ccc(OC)c(OC)c3c[n+]1CC2. The van der Waals surface area contributed by atoms with E-state index < -0.39 is 0 Å². The molecular formula is C33H36NO4+. The quantitative estimate of drug-likeness (QED) is 0.137. The Hall–Kier alpha value is -3.99. The molecule has 0 aliphatic carbocycles. The maximum Gasteiger partial charge on any atom is 0.217 e. The summed E-state index contributed by atoms with van der Waals surface area (Å²) < 4.78 is 25.8. The minimum Gasteiger partial charge on any atom is -0.493 e. The van der Waals surface area contributed by atoms with Gasteiger partial charge in [0.05, 0.1) is 38.9 Å². The van der Waals surface area contributed by atoms with E-state index in [2.05, 4.69) is 66.7 Å². The number of aryl methyl sites for hydroxylation is 3. The molecule has 5 heteroatoms. The van der Waals surface area contributed by atoms with E-state index in [1.807, 2.05) is 12.1 Å². The van der Waals surface area contributed by atoms with Gasteiger partial charge in [0.15, 0.2) is 35.7 Å². The molecule has 0 N–H and O–H groups in total. The summed E-state index contributed by atoms with van der Waals surface area (Å²) in [5, 5.41) is 2.21. The second kappa shape index (κ2) is 11.2. The fourth-order valence-electron chi connectivity index (χ4n) is 5.51. The van der Waals surface area contributed by atoms with E-state index in [1.54, 1.807) is 21.3 Å². The second-order valence-corrected chi connectivity index (χ2v) is 9.77. The Kier molecular flexibility index (Phi) is 7.54. The maximum atomic E-state index is 6.14. The molecule has 1 aliphatic heterocycles. The molecule has 0 radical (unpaired) electrons. The maximum absolute atomic E-state index is 6.14. The molecule has 0 saturated carbocycles. The Bertz CT molecular complexity index is 1490. The van der Waals surface area contributed by atoms with Crippen LogP contribution in [0.3, 0.4) is 0 Å².